The maximum absolute atomic E-state index is 5.88. The van der Waals surface area contributed by atoms with Crippen LogP contribution in [0, 0.1) is 0 Å². The number of nitrogens with zero attached hydrogens (tertiary/aromatic N) is 1. The Kier molecular flexibility index (Phi) is 3.05. The molecule has 1 rings (SSSR count). The van der Waals surface area contributed by atoms with Gasteiger partial charge in [-0.25, -0.2) is 4.98 Å². The molecule has 1 aromatic heterocycles. The van der Waals surface area contributed by atoms with Gasteiger partial charge in [-0.15, -0.1) is 0 Å². The molecular weight excluding hydrogens is 172 g/mol. The zero-order chi connectivity index (χ0) is 9.03. The van der Waals surface area contributed by atoms with Crippen LogP contribution in [0.15, 0.2) is 11.6 Å². The number of thiazole rings is 1. The highest BCUT2D eigenvalue weighted by Crippen LogP contribution is 2.15. The molecule has 0 aliphatic rings. The van der Waals surface area contributed by atoms with E-state index in [0.717, 1.165) is 6.42 Å². The van der Waals surface area contributed by atoms with Gasteiger partial charge in [0.15, 0.2) is 0 Å². The molecule has 12 heavy (non-hydrogen) atoms. The normalized spacial score (nSPS) is 15.6. The van der Waals surface area contributed by atoms with Gasteiger partial charge >= 0.3 is 0 Å². The minimum Gasteiger partial charge on any atom is -0.468 e. The number of rotatable bonds is 4. The van der Waals surface area contributed by atoms with Gasteiger partial charge in [0.25, 0.3) is 5.19 Å². The van der Waals surface area contributed by atoms with E-state index in [1.807, 2.05) is 19.2 Å². The molecule has 1 heterocycles. The predicted molar refractivity (Wildman–Crippen MR) is 50.5 cm³/mol. The molecule has 0 spiro atoms. The van der Waals surface area contributed by atoms with E-state index in [9.17, 15) is 0 Å². The summed E-state index contributed by atoms with van der Waals surface area (Å²) >= 11 is 1.49. The summed E-state index contributed by atoms with van der Waals surface area (Å²) < 4.78 is 5.38. The van der Waals surface area contributed by atoms with E-state index in [1.165, 1.54) is 11.3 Å². The molecule has 0 radical (unpaired) electrons. The molecule has 0 amide bonds. The third-order valence-corrected chi connectivity index (χ3v) is 2.43. The number of ether oxygens (including phenoxy) is 1. The zero-order valence-corrected chi connectivity index (χ0v) is 8.23. The zero-order valence-electron chi connectivity index (χ0n) is 7.41. The summed E-state index contributed by atoms with van der Waals surface area (Å²) in [7, 11) is 0. The lowest BCUT2D eigenvalue weighted by Crippen LogP contribution is -2.41. The van der Waals surface area contributed by atoms with E-state index in [-0.39, 0.29) is 5.54 Å². The molecule has 0 saturated heterocycles. The minimum absolute atomic E-state index is 0.244. The molecular formula is C8H14N2OS. The van der Waals surface area contributed by atoms with Gasteiger partial charge in [-0.05, 0) is 13.3 Å². The lowest BCUT2D eigenvalue weighted by Gasteiger charge is -2.21. The highest BCUT2D eigenvalue weighted by atomic mass is 32.1. The Morgan fingerprint density at radius 3 is 3.00 bits per heavy atom. The van der Waals surface area contributed by atoms with Gasteiger partial charge in [0.1, 0.15) is 6.61 Å². The van der Waals surface area contributed by atoms with E-state index in [4.69, 9.17) is 10.5 Å². The Morgan fingerprint density at radius 2 is 2.50 bits per heavy atom. The highest BCUT2D eigenvalue weighted by molar-refractivity contribution is 7.11. The van der Waals surface area contributed by atoms with Crippen LogP contribution in [-0.2, 0) is 0 Å². The Labute approximate surface area is 76.6 Å². The largest absolute Gasteiger partial charge is 0.468 e. The Balaban J connectivity index is 2.36. The third-order valence-electron chi connectivity index (χ3n) is 1.74. The summed E-state index contributed by atoms with van der Waals surface area (Å²) in [6.45, 7) is 4.54. The first-order valence-electron chi connectivity index (χ1n) is 3.95. The quantitative estimate of drug-likeness (QED) is 0.777. The van der Waals surface area contributed by atoms with Crippen LogP contribution in [-0.4, -0.2) is 17.1 Å². The minimum atomic E-state index is -0.244. The van der Waals surface area contributed by atoms with Crippen molar-refractivity contribution in [2.75, 3.05) is 6.61 Å². The average Bonchev–Trinajstić information content (AvgIpc) is 2.53. The van der Waals surface area contributed by atoms with Crippen LogP contribution in [0.1, 0.15) is 20.3 Å². The molecule has 0 fully saturated rings. The fraction of sp³-hybridized carbons (Fsp3) is 0.625. The van der Waals surface area contributed by atoms with Crippen molar-refractivity contribution in [1.29, 1.82) is 0 Å². The topological polar surface area (TPSA) is 48.1 Å². The van der Waals surface area contributed by atoms with Crippen molar-refractivity contribution in [3.05, 3.63) is 11.6 Å². The summed E-state index contributed by atoms with van der Waals surface area (Å²) in [4.78, 5) is 3.99. The maximum Gasteiger partial charge on any atom is 0.273 e. The summed E-state index contributed by atoms with van der Waals surface area (Å²) in [6.07, 6.45) is 2.62. The number of nitrogens with two attached hydrogens (primary N) is 1. The second-order valence-electron chi connectivity index (χ2n) is 3.09. The van der Waals surface area contributed by atoms with Crippen LogP contribution < -0.4 is 10.5 Å². The SMILES string of the molecule is CCC(C)(N)COc1nccs1. The molecule has 3 nitrogen and oxygen atoms in total. The highest BCUT2D eigenvalue weighted by Gasteiger charge is 2.16. The standard InChI is InChI=1S/C8H14N2OS/c1-3-8(2,9)6-11-7-10-4-5-12-7/h4-5H,3,6,9H2,1-2H3. The molecule has 0 bridgehead atoms. The van der Waals surface area contributed by atoms with Crippen molar-refractivity contribution in [3.63, 3.8) is 0 Å². The van der Waals surface area contributed by atoms with E-state index in [2.05, 4.69) is 4.98 Å². The second-order valence-corrected chi connectivity index (χ2v) is 3.95. The first-order valence-corrected chi connectivity index (χ1v) is 4.83. The van der Waals surface area contributed by atoms with Crippen molar-refractivity contribution in [3.8, 4) is 5.19 Å². The molecule has 1 aromatic rings. The lowest BCUT2D eigenvalue weighted by atomic mass is 10.0. The van der Waals surface area contributed by atoms with Crippen molar-refractivity contribution >= 4 is 11.3 Å². The van der Waals surface area contributed by atoms with Gasteiger partial charge < -0.3 is 10.5 Å². The molecule has 0 aliphatic carbocycles. The van der Waals surface area contributed by atoms with E-state index in [0.29, 0.717) is 11.8 Å². The maximum atomic E-state index is 5.88. The average molecular weight is 186 g/mol. The van der Waals surface area contributed by atoms with Crippen LogP contribution in [0.5, 0.6) is 5.19 Å². The van der Waals surface area contributed by atoms with Crippen molar-refractivity contribution in [1.82, 2.24) is 4.98 Å². The summed E-state index contributed by atoms with van der Waals surface area (Å²) in [5.41, 5.74) is 5.64. The first-order chi connectivity index (χ1) is 5.64. The fourth-order valence-electron chi connectivity index (χ4n) is 0.610. The van der Waals surface area contributed by atoms with Gasteiger partial charge in [0.05, 0.1) is 0 Å². The molecule has 0 aromatic carbocycles. The summed E-state index contributed by atoms with van der Waals surface area (Å²) in [6, 6.07) is 0. The summed E-state index contributed by atoms with van der Waals surface area (Å²) in [5.74, 6) is 0. The molecule has 1 atom stereocenters. The second kappa shape index (κ2) is 3.87. The van der Waals surface area contributed by atoms with Gasteiger partial charge in [-0.3, -0.25) is 0 Å². The van der Waals surface area contributed by atoms with Gasteiger partial charge in [-0.1, -0.05) is 18.3 Å². The fourth-order valence-corrected chi connectivity index (χ4v) is 1.10. The van der Waals surface area contributed by atoms with Crippen molar-refractivity contribution in [2.24, 2.45) is 5.73 Å². The lowest BCUT2D eigenvalue weighted by molar-refractivity contribution is 0.225. The van der Waals surface area contributed by atoms with Gasteiger partial charge in [0, 0.05) is 17.1 Å². The van der Waals surface area contributed by atoms with E-state index >= 15 is 0 Å². The predicted octanol–water partition coefficient (Wildman–Crippen LogP) is 1.65. The molecule has 0 saturated carbocycles. The number of hydrogen-bond acceptors (Lipinski definition) is 4. The third kappa shape index (κ3) is 2.79. The molecule has 1 unspecified atom stereocenters. The van der Waals surface area contributed by atoms with Crippen LogP contribution in [0.25, 0.3) is 0 Å². The van der Waals surface area contributed by atoms with Gasteiger partial charge in [0.2, 0.25) is 0 Å². The van der Waals surface area contributed by atoms with Crippen molar-refractivity contribution < 1.29 is 4.74 Å². The molecule has 0 aliphatic heterocycles. The molecule has 4 heteroatoms. The number of aromatic nitrogens is 1. The monoisotopic (exact) mass is 186 g/mol. The van der Waals surface area contributed by atoms with E-state index in [1.54, 1.807) is 6.20 Å². The van der Waals surface area contributed by atoms with Crippen LogP contribution in [0.2, 0.25) is 0 Å². The smallest absolute Gasteiger partial charge is 0.273 e. The Hall–Kier alpha value is -0.610. The van der Waals surface area contributed by atoms with E-state index < -0.39 is 0 Å². The Bertz CT molecular complexity index is 221. The Morgan fingerprint density at radius 1 is 1.75 bits per heavy atom. The summed E-state index contributed by atoms with van der Waals surface area (Å²) in [5, 5.41) is 2.58. The van der Waals surface area contributed by atoms with Crippen molar-refractivity contribution in [2.45, 2.75) is 25.8 Å². The van der Waals surface area contributed by atoms with Crippen LogP contribution in [0.3, 0.4) is 0 Å². The number of hydrogen-bond donors (Lipinski definition) is 1. The first kappa shape index (κ1) is 9.48. The molecule has 68 valence electrons. The van der Waals surface area contributed by atoms with Crippen LogP contribution in [0.4, 0.5) is 0 Å². The molecule has 2 N–H and O–H groups in total. The van der Waals surface area contributed by atoms with Gasteiger partial charge in [-0.2, -0.15) is 0 Å². The van der Waals surface area contributed by atoms with Crippen LogP contribution >= 0.6 is 11.3 Å².